The summed E-state index contributed by atoms with van der Waals surface area (Å²) in [5.74, 6) is 0. The number of furan rings is 1. The standard InChI is InChI=1S/C61H42N2O/c1-61(2)54-37-44(42-24-23-39-13-6-7-14-41(39)35-42)27-32-48(54)49-33-31-47(38-55(49)61)62(45-15-4-3-5-16-45)46-29-25-40(26-30-46)43-28-34-57-53(36-43)50-17-8-10-20-56(50)63(57)58-21-12-19-52-51-18-9-11-22-59(51)64-60(52)58/h3-38H,1-2H3. The van der Waals surface area contributed by atoms with Crippen LogP contribution in [0.2, 0.25) is 0 Å². The highest BCUT2D eigenvalue weighted by molar-refractivity contribution is 6.13. The van der Waals surface area contributed by atoms with Gasteiger partial charge in [0, 0.05) is 44.0 Å². The summed E-state index contributed by atoms with van der Waals surface area (Å²) in [6.07, 6.45) is 0. The van der Waals surface area contributed by atoms with E-state index >= 15 is 0 Å². The Morgan fingerprint density at radius 1 is 0.391 bits per heavy atom. The van der Waals surface area contributed by atoms with Crippen molar-refractivity contribution in [3.05, 3.63) is 230 Å². The Morgan fingerprint density at radius 3 is 1.84 bits per heavy atom. The Labute approximate surface area is 371 Å². The number of para-hydroxylation sites is 4. The molecule has 302 valence electrons. The Kier molecular flexibility index (Phi) is 7.95. The topological polar surface area (TPSA) is 21.3 Å². The van der Waals surface area contributed by atoms with Crippen molar-refractivity contribution in [2.24, 2.45) is 0 Å². The second-order valence-corrected chi connectivity index (χ2v) is 17.7. The molecule has 2 heterocycles. The lowest BCUT2D eigenvalue weighted by Gasteiger charge is -2.28. The van der Waals surface area contributed by atoms with Crippen LogP contribution in [-0.4, -0.2) is 4.57 Å². The van der Waals surface area contributed by atoms with Crippen molar-refractivity contribution < 1.29 is 4.42 Å². The molecule has 0 saturated heterocycles. The lowest BCUT2D eigenvalue weighted by molar-refractivity contribution is 0.660. The smallest absolute Gasteiger partial charge is 0.159 e. The molecule has 0 bridgehead atoms. The molecular weight excluding hydrogens is 777 g/mol. The van der Waals surface area contributed by atoms with E-state index in [1.54, 1.807) is 0 Å². The zero-order valence-corrected chi connectivity index (χ0v) is 35.6. The largest absolute Gasteiger partial charge is 0.454 e. The van der Waals surface area contributed by atoms with Gasteiger partial charge in [0.15, 0.2) is 5.58 Å². The lowest BCUT2D eigenvalue weighted by atomic mass is 9.81. The van der Waals surface area contributed by atoms with E-state index in [9.17, 15) is 0 Å². The highest BCUT2D eigenvalue weighted by Gasteiger charge is 2.36. The van der Waals surface area contributed by atoms with Gasteiger partial charge in [-0.2, -0.15) is 0 Å². The van der Waals surface area contributed by atoms with Gasteiger partial charge in [-0.15, -0.1) is 0 Å². The van der Waals surface area contributed by atoms with Crippen LogP contribution in [0.1, 0.15) is 25.0 Å². The van der Waals surface area contributed by atoms with Crippen LogP contribution in [0.4, 0.5) is 17.1 Å². The van der Waals surface area contributed by atoms with Crippen molar-refractivity contribution in [2.75, 3.05) is 4.90 Å². The van der Waals surface area contributed by atoms with Crippen LogP contribution < -0.4 is 4.90 Å². The van der Waals surface area contributed by atoms with Crippen LogP contribution in [0.5, 0.6) is 0 Å². The molecule has 0 radical (unpaired) electrons. The molecule has 0 saturated carbocycles. The van der Waals surface area contributed by atoms with Crippen LogP contribution >= 0.6 is 0 Å². The van der Waals surface area contributed by atoms with E-state index in [1.165, 1.54) is 66.1 Å². The summed E-state index contributed by atoms with van der Waals surface area (Å²) >= 11 is 0. The van der Waals surface area contributed by atoms with E-state index in [4.69, 9.17) is 4.42 Å². The number of nitrogens with zero attached hydrogens (tertiary/aromatic N) is 2. The number of hydrogen-bond acceptors (Lipinski definition) is 2. The molecule has 13 rings (SSSR count). The van der Waals surface area contributed by atoms with Crippen molar-refractivity contribution in [3.8, 4) is 39.1 Å². The van der Waals surface area contributed by atoms with Crippen molar-refractivity contribution in [1.29, 1.82) is 0 Å². The second-order valence-electron chi connectivity index (χ2n) is 17.7. The third kappa shape index (κ3) is 5.54. The highest BCUT2D eigenvalue weighted by Crippen LogP contribution is 2.52. The summed E-state index contributed by atoms with van der Waals surface area (Å²) in [7, 11) is 0. The Bertz CT molecular complexity index is 3810. The molecule has 0 fully saturated rings. The molecule has 0 unspecified atom stereocenters. The van der Waals surface area contributed by atoms with Gasteiger partial charge in [0.25, 0.3) is 0 Å². The molecule has 0 N–H and O–H groups in total. The molecule has 0 atom stereocenters. The van der Waals surface area contributed by atoms with Crippen LogP contribution in [0.25, 0.3) is 93.6 Å². The predicted octanol–water partition coefficient (Wildman–Crippen LogP) is 16.9. The predicted molar refractivity (Wildman–Crippen MR) is 269 cm³/mol. The number of aromatic nitrogens is 1. The van der Waals surface area contributed by atoms with E-state index < -0.39 is 0 Å². The van der Waals surface area contributed by atoms with Gasteiger partial charge < -0.3 is 13.9 Å². The van der Waals surface area contributed by atoms with Crippen LogP contribution in [0, 0.1) is 0 Å². The maximum Gasteiger partial charge on any atom is 0.159 e. The van der Waals surface area contributed by atoms with Gasteiger partial charge in [0.05, 0.1) is 16.7 Å². The van der Waals surface area contributed by atoms with E-state index in [-0.39, 0.29) is 5.41 Å². The minimum Gasteiger partial charge on any atom is -0.454 e. The third-order valence-corrected chi connectivity index (χ3v) is 13.8. The van der Waals surface area contributed by atoms with E-state index in [1.807, 2.05) is 6.07 Å². The Balaban J connectivity index is 0.870. The van der Waals surface area contributed by atoms with Gasteiger partial charge >= 0.3 is 0 Å². The normalized spacial score (nSPS) is 13.0. The molecule has 12 aromatic rings. The molecule has 2 aromatic heterocycles. The molecule has 0 amide bonds. The van der Waals surface area contributed by atoms with E-state index in [0.29, 0.717) is 0 Å². The third-order valence-electron chi connectivity index (χ3n) is 13.8. The number of hydrogen-bond donors (Lipinski definition) is 0. The fourth-order valence-electron chi connectivity index (χ4n) is 10.6. The summed E-state index contributed by atoms with van der Waals surface area (Å²) in [6.45, 7) is 4.75. The van der Waals surface area contributed by atoms with E-state index in [2.05, 4.69) is 236 Å². The summed E-state index contributed by atoms with van der Waals surface area (Å²) in [4.78, 5) is 2.39. The summed E-state index contributed by atoms with van der Waals surface area (Å²) < 4.78 is 8.91. The molecule has 64 heavy (non-hydrogen) atoms. The molecule has 3 heteroatoms. The molecular formula is C61H42N2O. The van der Waals surface area contributed by atoms with Crippen LogP contribution in [0.15, 0.2) is 223 Å². The maximum absolute atomic E-state index is 6.54. The minimum atomic E-state index is -0.180. The van der Waals surface area contributed by atoms with Gasteiger partial charge in [-0.25, -0.2) is 0 Å². The fraction of sp³-hybridized carbons (Fsp3) is 0.0492. The number of anilines is 3. The number of rotatable bonds is 6. The first-order valence-electron chi connectivity index (χ1n) is 22.2. The average Bonchev–Trinajstić information content (AvgIpc) is 3.97. The molecule has 10 aromatic carbocycles. The first-order valence-corrected chi connectivity index (χ1v) is 22.2. The summed E-state index contributed by atoms with van der Waals surface area (Å²) in [6, 6.07) is 79.6. The van der Waals surface area contributed by atoms with E-state index in [0.717, 1.165) is 55.7 Å². The summed E-state index contributed by atoms with van der Waals surface area (Å²) in [5, 5.41) is 7.21. The zero-order chi connectivity index (χ0) is 42.5. The second kappa shape index (κ2) is 13.9. The molecule has 1 aliphatic rings. The van der Waals surface area contributed by atoms with Gasteiger partial charge in [-0.3, -0.25) is 0 Å². The quantitative estimate of drug-likeness (QED) is 0.167. The Morgan fingerprint density at radius 2 is 0.984 bits per heavy atom. The molecule has 3 nitrogen and oxygen atoms in total. The summed E-state index contributed by atoms with van der Waals surface area (Å²) in [5.41, 5.74) is 18.5. The van der Waals surface area contributed by atoms with Crippen molar-refractivity contribution in [3.63, 3.8) is 0 Å². The highest BCUT2D eigenvalue weighted by atomic mass is 16.3. The average molecular weight is 819 g/mol. The number of fused-ring (bicyclic) bond motifs is 10. The van der Waals surface area contributed by atoms with Crippen molar-refractivity contribution in [2.45, 2.75) is 19.3 Å². The molecule has 0 aliphatic heterocycles. The minimum absolute atomic E-state index is 0.180. The SMILES string of the molecule is CC1(C)c2cc(-c3ccc4ccccc4c3)ccc2-c2ccc(N(c3ccccc3)c3ccc(-c4ccc5c(c4)c4ccccc4n5-c4cccc5c4oc4ccccc45)cc3)cc21. The maximum atomic E-state index is 6.54. The first kappa shape index (κ1) is 36.5. The molecule has 0 spiro atoms. The monoisotopic (exact) mass is 818 g/mol. The molecule has 1 aliphatic carbocycles. The first-order chi connectivity index (χ1) is 31.5. The van der Waals surface area contributed by atoms with Crippen molar-refractivity contribution >= 4 is 71.6 Å². The van der Waals surface area contributed by atoms with Crippen LogP contribution in [-0.2, 0) is 5.41 Å². The van der Waals surface area contributed by atoms with Gasteiger partial charge in [0.2, 0.25) is 0 Å². The Hall–Kier alpha value is -8.14. The van der Waals surface area contributed by atoms with Crippen molar-refractivity contribution in [1.82, 2.24) is 4.57 Å². The van der Waals surface area contributed by atoms with Gasteiger partial charge in [0.1, 0.15) is 5.58 Å². The van der Waals surface area contributed by atoms with Gasteiger partial charge in [-0.1, -0.05) is 153 Å². The van der Waals surface area contributed by atoms with Crippen LogP contribution in [0.3, 0.4) is 0 Å². The fourth-order valence-corrected chi connectivity index (χ4v) is 10.6. The lowest BCUT2D eigenvalue weighted by Crippen LogP contribution is -2.16. The number of benzene rings is 10. The zero-order valence-electron chi connectivity index (χ0n) is 35.6. The van der Waals surface area contributed by atoms with Gasteiger partial charge in [-0.05, 0) is 134 Å².